The van der Waals surface area contributed by atoms with E-state index in [0.717, 1.165) is 33.0 Å². The van der Waals surface area contributed by atoms with E-state index in [1.807, 2.05) is 0 Å². The molecule has 4 nitrogen and oxygen atoms in total. The van der Waals surface area contributed by atoms with Crippen molar-refractivity contribution in [1.29, 1.82) is 0 Å². The van der Waals surface area contributed by atoms with E-state index in [4.69, 9.17) is 0 Å². The summed E-state index contributed by atoms with van der Waals surface area (Å²) in [6.07, 6.45) is -10.0. The number of hydrogen-bond acceptors (Lipinski definition) is 2. The second kappa shape index (κ2) is 12.5. The Morgan fingerprint density at radius 1 is 0.444 bits per heavy atom. The largest absolute Gasteiger partial charge is 0.634 e. The van der Waals surface area contributed by atoms with Gasteiger partial charge in [-0.3, -0.25) is 4.79 Å². The fraction of sp³-hybridized carbons (Fsp3) is 0.957. The van der Waals surface area contributed by atoms with Gasteiger partial charge in [-0.15, -0.1) is 0 Å². The van der Waals surface area contributed by atoms with Crippen molar-refractivity contribution >= 4 is 5.91 Å². The summed E-state index contributed by atoms with van der Waals surface area (Å²) in [5, 5.41) is 12.4. The van der Waals surface area contributed by atoms with Crippen LogP contribution in [0.5, 0.6) is 0 Å². The maximum atomic E-state index is 14.4. The molecule has 1 saturated heterocycles. The quantitative estimate of drug-likeness (QED) is 0.145. The molecule has 0 spiro atoms. The van der Waals surface area contributed by atoms with Crippen molar-refractivity contribution in [1.82, 2.24) is 5.32 Å². The van der Waals surface area contributed by atoms with Crippen molar-refractivity contribution in [3.63, 3.8) is 0 Å². The van der Waals surface area contributed by atoms with E-state index in [2.05, 4.69) is 0 Å². The highest BCUT2D eigenvalue weighted by Crippen LogP contribution is 2.68. The Kier molecular flexibility index (Phi) is 11.5. The second-order valence-corrected chi connectivity index (χ2v) is 13.1. The zero-order valence-corrected chi connectivity index (χ0v) is 26.0. The van der Waals surface area contributed by atoms with E-state index < -0.39 is 118 Å². The maximum absolute atomic E-state index is 14.4. The third-order valence-electron chi connectivity index (χ3n) is 8.06. The Morgan fingerprint density at radius 2 is 0.648 bits per heavy atom. The SMILES string of the molecule is CC1(C)CC(NC(=O)C(F)(F)C(F)(F)C(F)(F)C(F)(F)C(F)(F)C(F)(F)C(F)(F)C(F)(F)C(F)(F)C(F)(F)C(F)(F)C(F)(F)C(F)(F)F)CC(C)(C)[NH+]1[O-]. The Bertz CT molecular complexity index is 1400. The van der Waals surface area contributed by atoms with Gasteiger partial charge in [0.15, 0.2) is 0 Å². The predicted octanol–water partition coefficient (Wildman–Crippen LogP) is 8.39. The molecule has 0 aromatic heterocycles. The smallest absolute Gasteiger partial charge is 0.460 e. The molecule has 0 unspecified atom stereocenters. The normalized spacial score (nSPS) is 22.3. The summed E-state index contributed by atoms with van der Waals surface area (Å²) in [4.78, 5) is 11.9. The molecular formula is C23H19F27N2O2. The third kappa shape index (κ3) is 6.16. The minimum absolute atomic E-state index is 0.733. The minimum atomic E-state index is -9.87. The lowest BCUT2D eigenvalue weighted by molar-refractivity contribution is -0.955. The number of piperidine rings is 1. The fourth-order valence-electron chi connectivity index (χ4n) is 5.08. The molecule has 54 heavy (non-hydrogen) atoms. The number of rotatable bonds is 13. The molecule has 31 heteroatoms. The zero-order chi connectivity index (χ0) is 44.4. The van der Waals surface area contributed by atoms with Crippen LogP contribution in [-0.2, 0) is 4.79 Å². The van der Waals surface area contributed by atoms with Gasteiger partial charge >= 0.3 is 77.2 Å². The standard InChI is InChI=1S/C23H19F27N2O2/c1-9(2)5-7(6-10(3,4)52(9)54)51-8(53)11(24,25)12(26,27)13(28,29)14(30,31)15(32,33)16(34,35)17(36,37)18(38,39)19(40,41)20(42,43)21(44,45)22(46,47)23(48,49)50/h7,52H,5-6H2,1-4H3,(H,51,53). The molecule has 0 aliphatic carbocycles. The first-order valence-corrected chi connectivity index (χ1v) is 13.3. The summed E-state index contributed by atoms with van der Waals surface area (Å²) in [7, 11) is 0. The van der Waals surface area contributed by atoms with Crippen LogP contribution in [0.3, 0.4) is 0 Å². The molecule has 0 atom stereocenters. The summed E-state index contributed by atoms with van der Waals surface area (Å²) < 4.78 is 369. The van der Waals surface area contributed by atoms with Crippen LogP contribution in [-0.4, -0.2) is 100 Å². The number of carbonyl (C=O) groups excluding carboxylic acids is 1. The van der Waals surface area contributed by atoms with Gasteiger partial charge in [-0.05, 0) is 27.7 Å². The van der Waals surface area contributed by atoms with Crippen molar-refractivity contribution in [3.8, 4) is 0 Å². The first-order chi connectivity index (χ1) is 22.9. The Balaban J connectivity index is 3.83. The van der Waals surface area contributed by atoms with Gasteiger partial charge in [0.05, 0.1) is 11.1 Å². The average Bonchev–Trinajstić information content (AvgIpc) is 2.93. The molecule has 1 aliphatic rings. The van der Waals surface area contributed by atoms with Crippen LogP contribution in [0.15, 0.2) is 0 Å². The number of quaternary nitrogens is 1. The summed E-state index contributed by atoms with van der Waals surface area (Å²) in [6, 6.07) is -2.02. The molecule has 0 saturated carbocycles. The Hall–Kier alpha value is -2.50. The van der Waals surface area contributed by atoms with Gasteiger partial charge in [0.25, 0.3) is 5.91 Å². The van der Waals surface area contributed by atoms with Gasteiger partial charge in [-0.1, -0.05) is 0 Å². The van der Waals surface area contributed by atoms with Crippen molar-refractivity contribution in [2.45, 2.75) is 135 Å². The summed E-state index contributed by atoms with van der Waals surface area (Å²) in [5.74, 6) is -115. The summed E-state index contributed by atoms with van der Waals surface area (Å²) in [6.45, 7) is 4.05. The highest BCUT2D eigenvalue weighted by molar-refractivity contribution is 5.85. The zero-order valence-electron chi connectivity index (χ0n) is 26.0. The van der Waals surface area contributed by atoms with E-state index in [0.29, 0.717) is 0 Å². The molecular weight excluding hydrogens is 849 g/mol. The lowest BCUT2D eigenvalue weighted by Gasteiger charge is -2.54. The average molecular weight is 868 g/mol. The molecule has 1 heterocycles. The van der Waals surface area contributed by atoms with Crippen LogP contribution in [0.4, 0.5) is 119 Å². The van der Waals surface area contributed by atoms with Crippen molar-refractivity contribution < 1.29 is 128 Å². The molecule has 322 valence electrons. The molecule has 1 aliphatic heterocycles. The number of hydrogen-bond donors (Lipinski definition) is 2. The van der Waals surface area contributed by atoms with Crippen molar-refractivity contribution in [2.24, 2.45) is 0 Å². The number of hydroxylamine groups is 2. The van der Waals surface area contributed by atoms with Gasteiger partial charge in [0.1, 0.15) is 0 Å². The van der Waals surface area contributed by atoms with E-state index in [-0.39, 0.29) is 0 Å². The lowest BCUT2D eigenvalue weighted by Crippen LogP contribution is -3.23. The van der Waals surface area contributed by atoms with Gasteiger partial charge in [-0.2, -0.15) is 119 Å². The maximum Gasteiger partial charge on any atom is 0.460 e. The molecule has 2 N–H and O–H groups in total. The minimum Gasteiger partial charge on any atom is -0.634 e. The topological polar surface area (TPSA) is 56.6 Å². The molecule has 1 fully saturated rings. The number of alkyl halides is 27. The van der Waals surface area contributed by atoms with Gasteiger partial charge in [-0.25, -0.2) is 0 Å². The van der Waals surface area contributed by atoms with Gasteiger partial charge in [0, 0.05) is 18.9 Å². The highest BCUT2D eigenvalue weighted by atomic mass is 19.4. The van der Waals surface area contributed by atoms with Gasteiger partial charge < -0.3 is 15.6 Å². The number of halogens is 27. The van der Waals surface area contributed by atoms with Crippen molar-refractivity contribution in [3.05, 3.63) is 5.21 Å². The van der Waals surface area contributed by atoms with Crippen LogP contribution in [0.25, 0.3) is 0 Å². The molecule has 1 rings (SSSR count). The van der Waals surface area contributed by atoms with Crippen LogP contribution in [0, 0.1) is 5.21 Å². The monoisotopic (exact) mass is 868 g/mol. The Labute approximate surface area is 280 Å². The van der Waals surface area contributed by atoms with Crippen LogP contribution in [0.2, 0.25) is 0 Å². The summed E-state index contributed by atoms with van der Waals surface area (Å²) in [5.41, 5.74) is -3.41. The highest BCUT2D eigenvalue weighted by Gasteiger charge is 3.00. The number of amides is 1. The molecule has 1 amide bonds. The van der Waals surface area contributed by atoms with Gasteiger partial charge in [0.2, 0.25) is 0 Å². The Morgan fingerprint density at radius 3 is 0.870 bits per heavy atom. The predicted molar refractivity (Wildman–Crippen MR) is 119 cm³/mol. The first-order valence-electron chi connectivity index (χ1n) is 13.3. The molecule has 0 radical (unpaired) electrons. The lowest BCUT2D eigenvalue weighted by atomic mass is 9.79. The first kappa shape index (κ1) is 49.5. The third-order valence-corrected chi connectivity index (χ3v) is 8.06. The number of nitrogens with one attached hydrogen (secondary N) is 2. The molecule has 0 aromatic carbocycles. The fourth-order valence-corrected chi connectivity index (χ4v) is 5.08. The van der Waals surface area contributed by atoms with Crippen LogP contribution < -0.4 is 10.4 Å². The van der Waals surface area contributed by atoms with E-state index in [1.165, 1.54) is 0 Å². The van der Waals surface area contributed by atoms with E-state index >= 15 is 0 Å². The second-order valence-electron chi connectivity index (χ2n) is 13.1. The van der Waals surface area contributed by atoms with E-state index in [1.54, 1.807) is 0 Å². The van der Waals surface area contributed by atoms with Crippen LogP contribution in [0.1, 0.15) is 40.5 Å². The number of carbonyl (C=O) groups is 1. The van der Waals surface area contributed by atoms with E-state index in [9.17, 15) is 129 Å². The molecule has 0 bridgehead atoms. The molecule has 0 aromatic rings. The summed E-state index contributed by atoms with van der Waals surface area (Å²) >= 11 is 0. The van der Waals surface area contributed by atoms with Crippen LogP contribution >= 0.6 is 0 Å². The van der Waals surface area contributed by atoms with Crippen molar-refractivity contribution in [2.75, 3.05) is 0 Å².